The van der Waals surface area contributed by atoms with E-state index in [9.17, 15) is 0 Å². The van der Waals surface area contributed by atoms with Gasteiger partial charge in [-0.25, -0.2) is 0 Å². The lowest BCUT2D eigenvalue weighted by Gasteiger charge is -2.57. The highest BCUT2D eigenvalue weighted by Gasteiger charge is 2.67. The first-order valence-corrected chi connectivity index (χ1v) is 11.7. The van der Waals surface area contributed by atoms with Crippen LogP contribution in [-0.2, 0) is 15.9 Å². The van der Waals surface area contributed by atoms with Crippen molar-refractivity contribution in [3.8, 4) is 0 Å². The largest absolute Gasteiger partial charge is 0.357 e. The van der Waals surface area contributed by atoms with Gasteiger partial charge in [-0.15, -0.1) is 0 Å². The highest BCUT2D eigenvalue weighted by molar-refractivity contribution is 6.30. The van der Waals surface area contributed by atoms with Crippen LogP contribution in [0.2, 0.25) is 5.02 Å². The number of hydrogen-bond donors (Lipinski definition) is 0. The quantitative estimate of drug-likeness (QED) is 0.427. The predicted molar refractivity (Wildman–Crippen MR) is 119 cm³/mol. The summed E-state index contributed by atoms with van der Waals surface area (Å²) in [6.45, 7) is 19.0. The fourth-order valence-corrected chi connectivity index (χ4v) is 7.96. The van der Waals surface area contributed by atoms with Crippen molar-refractivity contribution in [3.05, 3.63) is 34.3 Å². The van der Waals surface area contributed by atoms with Crippen molar-refractivity contribution < 1.29 is 4.74 Å². The van der Waals surface area contributed by atoms with Crippen molar-refractivity contribution in [2.24, 2.45) is 34.5 Å². The smallest absolute Gasteiger partial charge is 0.104 e. The Morgan fingerprint density at radius 3 is 2.14 bits per heavy atom. The molecule has 2 fully saturated rings. The van der Waals surface area contributed by atoms with E-state index >= 15 is 0 Å². The summed E-state index contributed by atoms with van der Waals surface area (Å²) in [5.74, 6) is 2.81. The minimum atomic E-state index is -0.359. The van der Waals surface area contributed by atoms with Gasteiger partial charge in [0.05, 0.1) is 0 Å². The lowest BCUT2D eigenvalue weighted by Crippen LogP contribution is -2.56. The van der Waals surface area contributed by atoms with Gasteiger partial charge >= 0.3 is 0 Å². The number of ether oxygens (including phenoxy) is 1. The monoisotopic (exact) mass is 402 g/mol. The van der Waals surface area contributed by atoms with Crippen LogP contribution < -0.4 is 0 Å². The molecule has 0 N–H and O–H groups in total. The Morgan fingerprint density at radius 1 is 0.893 bits per heavy atom. The fraction of sp³-hybridized carbons (Fsp3) is 0.769. The van der Waals surface area contributed by atoms with Gasteiger partial charge in [0.15, 0.2) is 0 Å². The first-order valence-electron chi connectivity index (χ1n) is 11.3. The van der Waals surface area contributed by atoms with Gasteiger partial charge in [0.25, 0.3) is 0 Å². The summed E-state index contributed by atoms with van der Waals surface area (Å²) in [6.07, 6.45) is 5.29. The SMILES string of the molecule is CC1CC2CC(C)C3(OC(C(C)(C)C)(C(C)(C)C)c4cc(Cl)ccc43)C(C1)C2. The van der Waals surface area contributed by atoms with Crippen LogP contribution in [0.1, 0.15) is 92.2 Å². The molecule has 2 aliphatic carbocycles. The zero-order chi connectivity index (χ0) is 20.7. The van der Waals surface area contributed by atoms with Crippen LogP contribution in [0.3, 0.4) is 0 Å². The van der Waals surface area contributed by atoms with Crippen molar-refractivity contribution in [1.82, 2.24) is 0 Å². The van der Waals surface area contributed by atoms with Crippen LogP contribution in [0.4, 0.5) is 0 Å². The van der Waals surface area contributed by atoms with E-state index in [-0.39, 0.29) is 22.0 Å². The molecule has 5 unspecified atom stereocenters. The van der Waals surface area contributed by atoms with Gasteiger partial charge in [-0.05, 0) is 83.4 Å². The summed E-state index contributed by atoms with van der Waals surface area (Å²) in [5.41, 5.74) is 2.18. The molecule has 1 heterocycles. The zero-order valence-corrected chi connectivity index (χ0v) is 19.9. The van der Waals surface area contributed by atoms with Crippen molar-refractivity contribution in [1.29, 1.82) is 0 Å². The first-order chi connectivity index (χ1) is 12.8. The molecule has 2 bridgehead atoms. The van der Waals surface area contributed by atoms with Crippen LogP contribution >= 0.6 is 11.6 Å². The molecule has 1 aliphatic heterocycles. The van der Waals surface area contributed by atoms with E-state index in [4.69, 9.17) is 16.3 Å². The molecule has 0 radical (unpaired) electrons. The summed E-state index contributed by atoms with van der Waals surface area (Å²) < 4.78 is 7.62. The number of rotatable bonds is 0. The fourth-order valence-electron chi connectivity index (χ4n) is 7.79. The maximum atomic E-state index is 7.62. The van der Waals surface area contributed by atoms with E-state index in [0.717, 1.165) is 16.9 Å². The van der Waals surface area contributed by atoms with Gasteiger partial charge in [0.2, 0.25) is 0 Å². The third-order valence-electron chi connectivity index (χ3n) is 8.28. The Hall–Kier alpha value is -0.530. The van der Waals surface area contributed by atoms with Crippen molar-refractivity contribution in [2.45, 2.75) is 92.3 Å². The summed E-state index contributed by atoms with van der Waals surface area (Å²) in [6, 6.07) is 6.64. The molecule has 1 aromatic rings. The highest BCUT2D eigenvalue weighted by Crippen LogP contribution is 2.69. The molecule has 1 aromatic carbocycles. The Morgan fingerprint density at radius 2 is 1.54 bits per heavy atom. The van der Waals surface area contributed by atoms with Gasteiger partial charge in [-0.2, -0.15) is 0 Å². The van der Waals surface area contributed by atoms with Crippen molar-refractivity contribution in [2.75, 3.05) is 0 Å². The molecule has 0 aromatic heterocycles. The first kappa shape index (κ1) is 20.7. The molecule has 4 rings (SSSR count). The highest BCUT2D eigenvalue weighted by atomic mass is 35.5. The van der Waals surface area contributed by atoms with Gasteiger partial charge in [0, 0.05) is 5.02 Å². The Labute approximate surface area is 177 Å². The topological polar surface area (TPSA) is 9.23 Å². The van der Waals surface area contributed by atoms with Crippen LogP contribution in [0, 0.1) is 34.5 Å². The molecule has 156 valence electrons. The number of halogens is 1. The molecule has 1 spiro atoms. The Bertz CT molecular complexity index is 750. The summed E-state index contributed by atoms with van der Waals surface area (Å²) in [5, 5.41) is 0.829. The third kappa shape index (κ3) is 2.61. The van der Waals surface area contributed by atoms with Gasteiger partial charge in [-0.1, -0.05) is 73.1 Å². The summed E-state index contributed by atoms with van der Waals surface area (Å²) in [4.78, 5) is 0. The Kier molecular flexibility index (Phi) is 4.62. The molecular weight excluding hydrogens is 364 g/mol. The maximum absolute atomic E-state index is 7.62. The minimum absolute atomic E-state index is 0.0367. The number of benzene rings is 1. The second-order valence-electron chi connectivity index (χ2n) is 12.3. The molecule has 5 atom stereocenters. The average molecular weight is 403 g/mol. The van der Waals surface area contributed by atoms with Gasteiger partial charge < -0.3 is 4.74 Å². The molecule has 28 heavy (non-hydrogen) atoms. The normalized spacial score (nSPS) is 37.2. The van der Waals surface area contributed by atoms with Crippen LogP contribution in [0.5, 0.6) is 0 Å². The third-order valence-corrected chi connectivity index (χ3v) is 8.52. The van der Waals surface area contributed by atoms with E-state index in [0.29, 0.717) is 11.8 Å². The van der Waals surface area contributed by atoms with E-state index < -0.39 is 0 Å². The maximum Gasteiger partial charge on any atom is 0.104 e. The molecular formula is C26H39ClO. The van der Waals surface area contributed by atoms with Crippen LogP contribution in [0.15, 0.2) is 18.2 Å². The summed E-state index contributed by atoms with van der Waals surface area (Å²) >= 11 is 6.59. The average Bonchev–Trinajstić information content (AvgIpc) is 2.85. The molecule has 2 heteroatoms. The van der Waals surface area contributed by atoms with Gasteiger partial charge in [-0.3, -0.25) is 0 Å². The number of fused-ring (bicyclic) bond motifs is 5. The van der Waals surface area contributed by atoms with E-state index in [1.54, 1.807) is 0 Å². The van der Waals surface area contributed by atoms with Crippen LogP contribution in [-0.4, -0.2) is 0 Å². The van der Waals surface area contributed by atoms with Crippen molar-refractivity contribution >= 4 is 11.6 Å². The second-order valence-corrected chi connectivity index (χ2v) is 12.7. The molecule has 0 saturated heterocycles. The predicted octanol–water partition coefficient (Wildman–Crippen LogP) is 7.95. The van der Waals surface area contributed by atoms with Crippen molar-refractivity contribution in [3.63, 3.8) is 0 Å². The van der Waals surface area contributed by atoms with Gasteiger partial charge in [0.1, 0.15) is 11.2 Å². The molecule has 1 nitrogen and oxygen atoms in total. The van der Waals surface area contributed by atoms with Crippen LogP contribution in [0.25, 0.3) is 0 Å². The lowest BCUT2D eigenvalue weighted by molar-refractivity contribution is -0.285. The molecule has 3 aliphatic rings. The molecule has 2 saturated carbocycles. The second kappa shape index (κ2) is 6.24. The van der Waals surface area contributed by atoms with E-state index in [1.807, 2.05) is 0 Å². The Balaban J connectivity index is 2.00. The summed E-state index contributed by atoms with van der Waals surface area (Å²) in [7, 11) is 0. The standard InChI is InChI=1S/C26H39ClO/c1-16-11-18-13-17(2)25(19(12-16)14-18)21-10-9-20(27)15-22(21)26(28-25,23(3,4)5)24(6,7)8/h9-10,15-19H,11-14H2,1-8H3. The molecule has 0 amide bonds. The van der Waals surface area contributed by atoms with E-state index in [1.165, 1.54) is 36.8 Å². The lowest BCUT2D eigenvalue weighted by atomic mass is 9.56. The number of hydrogen-bond acceptors (Lipinski definition) is 1. The minimum Gasteiger partial charge on any atom is -0.357 e. The van der Waals surface area contributed by atoms with E-state index in [2.05, 4.69) is 73.6 Å². The zero-order valence-electron chi connectivity index (χ0n) is 19.2.